The van der Waals surface area contributed by atoms with Crippen molar-refractivity contribution in [3.8, 4) is 0 Å². The van der Waals surface area contributed by atoms with Gasteiger partial charge in [0, 0.05) is 44.0 Å². The zero-order chi connectivity index (χ0) is 15.4. The predicted molar refractivity (Wildman–Crippen MR) is 84.8 cm³/mol. The number of hydrogen-bond donors (Lipinski definition) is 1. The molecule has 1 N–H and O–H groups in total. The van der Waals surface area contributed by atoms with Gasteiger partial charge in [0.25, 0.3) is 5.69 Å². The Hall–Kier alpha value is -2.47. The molecule has 0 radical (unpaired) electrons. The van der Waals surface area contributed by atoms with Crippen LogP contribution in [0.2, 0.25) is 0 Å². The van der Waals surface area contributed by atoms with E-state index in [9.17, 15) is 10.1 Å². The van der Waals surface area contributed by atoms with E-state index >= 15 is 0 Å². The number of benzene rings is 1. The number of pyridine rings is 1. The molecule has 0 spiro atoms. The van der Waals surface area contributed by atoms with Crippen LogP contribution < -0.4 is 10.2 Å². The van der Waals surface area contributed by atoms with E-state index < -0.39 is 0 Å². The van der Waals surface area contributed by atoms with Crippen LogP contribution in [-0.4, -0.2) is 29.0 Å². The first kappa shape index (κ1) is 14.5. The Labute approximate surface area is 128 Å². The Bertz CT molecular complexity index is 648. The van der Waals surface area contributed by atoms with Crippen LogP contribution in [0.25, 0.3) is 0 Å². The number of nitrogens with one attached hydrogen (secondary N) is 1. The lowest BCUT2D eigenvalue weighted by molar-refractivity contribution is -0.384. The second-order valence-corrected chi connectivity index (χ2v) is 5.43. The summed E-state index contributed by atoms with van der Waals surface area (Å²) in [5, 5.41) is 14.3. The van der Waals surface area contributed by atoms with Crippen molar-refractivity contribution in [1.82, 2.24) is 10.3 Å². The van der Waals surface area contributed by atoms with Gasteiger partial charge in [-0.25, -0.2) is 4.98 Å². The fourth-order valence-corrected chi connectivity index (χ4v) is 2.72. The van der Waals surface area contributed by atoms with Crippen molar-refractivity contribution in [3.63, 3.8) is 0 Å². The molecular weight excluding hydrogens is 280 g/mol. The average molecular weight is 298 g/mol. The normalized spacial score (nSPS) is 17.6. The first-order chi connectivity index (χ1) is 10.7. The monoisotopic (exact) mass is 298 g/mol. The summed E-state index contributed by atoms with van der Waals surface area (Å²) in [5.41, 5.74) is 1.08. The number of anilines is 1. The van der Waals surface area contributed by atoms with Crippen LogP contribution in [0.4, 0.5) is 11.5 Å². The molecule has 2 heterocycles. The van der Waals surface area contributed by atoms with Gasteiger partial charge < -0.3 is 10.2 Å². The third-order valence-electron chi connectivity index (χ3n) is 3.88. The minimum atomic E-state index is -0.359. The highest BCUT2D eigenvalue weighted by Gasteiger charge is 2.22. The van der Waals surface area contributed by atoms with Crippen molar-refractivity contribution >= 4 is 11.5 Å². The second-order valence-electron chi connectivity index (χ2n) is 5.43. The molecule has 0 amide bonds. The Morgan fingerprint density at radius 1 is 1.32 bits per heavy atom. The number of hydrogen-bond acceptors (Lipinski definition) is 5. The highest BCUT2D eigenvalue weighted by atomic mass is 16.6. The van der Waals surface area contributed by atoms with Gasteiger partial charge >= 0.3 is 0 Å². The van der Waals surface area contributed by atoms with Crippen LogP contribution >= 0.6 is 0 Å². The maximum atomic E-state index is 10.8. The molecule has 0 aliphatic carbocycles. The van der Waals surface area contributed by atoms with Gasteiger partial charge in [-0.2, -0.15) is 0 Å². The van der Waals surface area contributed by atoms with Crippen LogP contribution in [0.5, 0.6) is 0 Å². The number of nitrogens with zero attached hydrogens (tertiary/aromatic N) is 3. The summed E-state index contributed by atoms with van der Waals surface area (Å²) in [6.07, 6.45) is 2.85. The van der Waals surface area contributed by atoms with Gasteiger partial charge in [0.15, 0.2) is 0 Å². The van der Waals surface area contributed by atoms with Gasteiger partial charge in [-0.3, -0.25) is 10.1 Å². The van der Waals surface area contributed by atoms with E-state index in [-0.39, 0.29) is 10.6 Å². The number of aromatic nitrogens is 1. The molecule has 0 bridgehead atoms. The molecule has 1 aliphatic heterocycles. The first-order valence-corrected chi connectivity index (χ1v) is 7.35. The van der Waals surface area contributed by atoms with E-state index in [0.717, 1.165) is 30.9 Å². The Morgan fingerprint density at radius 3 is 3.00 bits per heavy atom. The highest BCUT2D eigenvalue weighted by molar-refractivity contribution is 5.39. The molecule has 1 atom stereocenters. The zero-order valence-electron chi connectivity index (χ0n) is 12.2. The summed E-state index contributed by atoms with van der Waals surface area (Å²) in [5.74, 6) is 1.00. The van der Waals surface area contributed by atoms with Crippen LogP contribution in [0.3, 0.4) is 0 Å². The van der Waals surface area contributed by atoms with Crippen molar-refractivity contribution in [3.05, 3.63) is 64.3 Å². The number of nitro benzene ring substituents is 1. The van der Waals surface area contributed by atoms with E-state index in [1.54, 1.807) is 18.3 Å². The van der Waals surface area contributed by atoms with E-state index in [4.69, 9.17) is 0 Å². The summed E-state index contributed by atoms with van der Waals surface area (Å²) in [7, 11) is 0. The molecule has 1 fully saturated rings. The number of non-ortho nitro benzene ring substituents is 1. The molecule has 1 aromatic heterocycles. The maximum absolute atomic E-state index is 10.8. The molecule has 1 saturated heterocycles. The van der Waals surface area contributed by atoms with Gasteiger partial charge in [-0.05, 0) is 24.1 Å². The third kappa shape index (κ3) is 3.40. The standard InChI is InChI=1S/C16H18N4O2/c21-20(22)15-5-3-4-13(10-15)11-18-14-7-9-19(12-14)16-6-1-2-8-17-16/h1-6,8,10,14,18H,7,9,11-12H2/t14-/m0/s1. The molecule has 0 unspecified atom stereocenters. The molecule has 0 saturated carbocycles. The van der Waals surface area contributed by atoms with Crippen molar-refractivity contribution in [2.45, 2.75) is 19.0 Å². The average Bonchev–Trinajstić information content (AvgIpc) is 3.03. The summed E-state index contributed by atoms with van der Waals surface area (Å²) in [4.78, 5) is 17.0. The first-order valence-electron chi connectivity index (χ1n) is 7.35. The summed E-state index contributed by atoms with van der Waals surface area (Å²) in [6.45, 7) is 2.53. The van der Waals surface area contributed by atoms with Crippen LogP contribution in [0, 0.1) is 10.1 Å². The molecule has 6 nitrogen and oxygen atoms in total. The molecule has 2 aromatic rings. The lowest BCUT2D eigenvalue weighted by Gasteiger charge is -2.17. The lowest BCUT2D eigenvalue weighted by Crippen LogP contribution is -2.32. The molecule has 6 heteroatoms. The smallest absolute Gasteiger partial charge is 0.269 e. The molecular formula is C16H18N4O2. The zero-order valence-corrected chi connectivity index (χ0v) is 12.2. The van der Waals surface area contributed by atoms with Gasteiger partial charge in [0.05, 0.1) is 4.92 Å². The van der Waals surface area contributed by atoms with Gasteiger partial charge in [0.2, 0.25) is 0 Å². The van der Waals surface area contributed by atoms with E-state index in [1.807, 2.05) is 24.3 Å². The number of nitro groups is 1. The van der Waals surface area contributed by atoms with Crippen LogP contribution in [-0.2, 0) is 6.54 Å². The van der Waals surface area contributed by atoms with E-state index in [1.165, 1.54) is 6.07 Å². The highest BCUT2D eigenvalue weighted by Crippen LogP contribution is 2.18. The molecule has 114 valence electrons. The third-order valence-corrected chi connectivity index (χ3v) is 3.88. The maximum Gasteiger partial charge on any atom is 0.269 e. The van der Waals surface area contributed by atoms with Crippen molar-refractivity contribution in [2.75, 3.05) is 18.0 Å². The molecule has 3 rings (SSSR count). The lowest BCUT2D eigenvalue weighted by atomic mass is 10.2. The van der Waals surface area contributed by atoms with Crippen LogP contribution in [0.15, 0.2) is 48.7 Å². The summed E-state index contributed by atoms with van der Waals surface area (Å²) in [6, 6.07) is 13.1. The second kappa shape index (κ2) is 6.53. The van der Waals surface area contributed by atoms with Crippen LogP contribution in [0.1, 0.15) is 12.0 Å². The fraction of sp³-hybridized carbons (Fsp3) is 0.312. The van der Waals surface area contributed by atoms with Crippen molar-refractivity contribution in [2.24, 2.45) is 0 Å². The minimum Gasteiger partial charge on any atom is -0.355 e. The molecule has 1 aromatic carbocycles. The Balaban J connectivity index is 1.55. The van der Waals surface area contributed by atoms with Crippen molar-refractivity contribution < 1.29 is 4.92 Å². The van der Waals surface area contributed by atoms with Gasteiger partial charge in [0.1, 0.15) is 5.82 Å². The van der Waals surface area contributed by atoms with E-state index in [0.29, 0.717) is 12.6 Å². The van der Waals surface area contributed by atoms with E-state index in [2.05, 4.69) is 15.2 Å². The minimum absolute atomic E-state index is 0.140. The van der Waals surface area contributed by atoms with Gasteiger partial charge in [-0.15, -0.1) is 0 Å². The largest absolute Gasteiger partial charge is 0.355 e. The quantitative estimate of drug-likeness (QED) is 0.677. The summed E-state index contributed by atoms with van der Waals surface area (Å²) < 4.78 is 0. The van der Waals surface area contributed by atoms with Crippen molar-refractivity contribution in [1.29, 1.82) is 0 Å². The fourth-order valence-electron chi connectivity index (χ4n) is 2.72. The van der Waals surface area contributed by atoms with Gasteiger partial charge in [-0.1, -0.05) is 18.2 Å². The predicted octanol–water partition coefficient (Wildman–Crippen LogP) is 2.36. The SMILES string of the molecule is O=[N+]([O-])c1cccc(CN[C@H]2CCN(c3ccccn3)C2)c1. The topological polar surface area (TPSA) is 71.3 Å². The molecule has 22 heavy (non-hydrogen) atoms. The Kier molecular flexibility index (Phi) is 4.29. The number of rotatable bonds is 5. The summed E-state index contributed by atoms with van der Waals surface area (Å²) >= 11 is 0. The molecule has 1 aliphatic rings. The Morgan fingerprint density at radius 2 is 2.23 bits per heavy atom.